The van der Waals surface area contributed by atoms with Crippen molar-refractivity contribution in [1.82, 2.24) is 4.90 Å². The Kier molecular flexibility index (Phi) is 6.84. The van der Waals surface area contributed by atoms with Gasteiger partial charge in [0.25, 0.3) is 5.91 Å². The lowest BCUT2D eigenvalue weighted by Crippen LogP contribution is -2.44. The Bertz CT molecular complexity index is 268. The van der Waals surface area contributed by atoms with E-state index in [1.807, 2.05) is 4.90 Å². The summed E-state index contributed by atoms with van der Waals surface area (Å²) in [5, 5.41) is 0. The summed E-state index contributed by atoms with van der Waals surface area (Å²) in [7, 11) is 0. The highest BCUT2D eigenvalue weighted by Crippen LogP contribution is 2.30. The molecular weight excluding hydrogens is 238 g/mol. The summed E-state index contributed by atoms with van der Waals surface area (Å²) in [6.07, 6.45) is 7.45. The molecule has 1 fully saturated rings. The van der Waals surface area contributed by atoms with Crippen molar-refractivity contribution in [1.29, 1.82) is 0 Å². The predicted octanol–water partition coefficient (Wildman–Crippen LogP) is 3.76. The zero-order valence-electron chi connectivity index (χ0n) is 13.3. The molecule has 3 heteroatoms. The zero-order valence-corrected chi connectivity index (χ0v) is 13.3. The van der Waals surface area contributed by atoms with Crippen LogP contribution in [0.5, 0.6) is 0 Å². The molecule has 1 saturated heterocycles. The van der Waals surface area contributed by atoms with Crippen LogP contribution < -0.4 is 0 Å². The van der Waals surface area contributed by atoms with Gasteiger partial charge in [-0.1, -0.05) is 39.0 Å². The minimum atomic E-state index is -0.157. The number of epoxide rings is 1. The Balaban J connectivity index is 2.26. The van der Waals surface area contributed by atoms with E-state index in [9.17, 15) is 4.79 Å². The first-order chi connectivity index (χ1) is 8.99. The van der Waals surface area contributed by atoms with Gasteiger partial charge in [-0.3, -0.25) is 4.79 Å². The molecule has 0 N–H and O–H groups in total. The Hall–Kier alpha value is -0.570. The van der Waals surface area contributed by atoms with Gasteiger partial charge in [-0.05, 0) is 34.1 Å². The van der Waals surface area contributed by atoms with E-state index in [0.29, 0.717) is 0 Å². The summed E-state index contributed by atoms with van der Waals surface area (Å²) >= 11 is 0. The van der Waals surface area contributed by atoms with Crippen LogP contribution in [-0.2, 0) is 9.53 Å². The van der Waals surface area contributed by atoms with Crippen molar-refractivity contribution in [2.24, 2.45) is 0 Å². The molecule has 112 valence electrons. The molecule has 0 unspecified atom stereocenters. The van der Waals surface area contributed by atoms with Crippen molar-refractivity contribution < 1.29 is 9.53 Å². The Morgan fingerprint density at radius 3 is 2.16 bits per heavy atom. The fourth-order valence-corrected chi connectivity index (χ4v) is 2.78. The van der Waals surface area contributed by atoms with Gasteiger partial charge in [-0.15, -0.1) is 0 Å². The topological polar surface area (TPSA) is 32.8 Å². The zero-order chi connectivity index (χ0) is 14.4. The molecule has 2 atom stereocenters. The molecule has 0 aromatic rings. The number of ether oxygens (including phenoxy) is 1. The number of amides is 1. The van der Waals surface area contributed by atoms with Crippen molar-refractivity contribution in [3.63, 3.8) is 0 Å². The van der Waals surface area contributed by atoms with Crippen molar-refractivity contribution in [2.45, 2.75) is 97.4 Å². The molecule has 19 heavy (non-hydrogen) atoms. The fraction of sp³-hybridized carbons (Fsp3) is 0.938. The summed E-state index contributed by atoms with van der Waals surface area (Å²) in [6, 6.07) is 0.504. The third-order valence-corrected chi connectivity index (χ3v) is 3.79. The van der Waals surface area contributed by atoms with E-state index in [4.69, 9.17) is 4.74 Å². The van der Waals surface area contributed by atoms with E-state index >= 15 is 0 Å². The van der Waals surface area contributed by atoms with Gasteiger partial charge < -0.3 is 9.64 Å². The highest BCUT2D eigenvalue weighted by Gasteiger charge is 2.47. The first-order valence-electron chi connectivity index (χ1n) is 7.96. The highest BCUT2D eigenvalue weighted by atomic mass is 16.6. The molecule has 1 aliphatic rings. The van der Waals surface area contributed by atoms with Gasteiger partial charge in [0.2, 0.25) is 0 Å². The first-order valence-corrected chi connectivity index (χ1v) is 7.96. The van der Waals surface area contributed by atoms with E-state index in [2.05, 4.69) is 34.6 Å². The molecule has 1 heterocycles. The molecule has 0 aromatic heterocycles. The van der Waals surface area contributed by atoms with Gasteiger partial charge in [0, 0.05) is 12.1 Å². The van der Waals surface area contributed by atoms with Crippen molar-refractivity contribution in [3.05, 3.63) is 0 Å². The lowest BCUT2D eigenvalue weighted by molar-refractivity contribution is -0.136. The van der Waals surface area contributed by atoms with Crippen LogP contribution >= 0.6 is 0 Å². The molecule has 0 spiro atoms. The van der Waals surface area contributed by atoms with Gasteiger partial charge in [-0.2, -0.15) is 0 Å². The van der Waals surface area contributed by atoms with Crippen LogP contribution in [0.3, 0.4) is 0 Å². The maximum Gasteiger partial charge on any atom is 0.254 e. The smallest absolute Gasteiger partial charge is 0.254 e. The van der Waals surface area contributed by atoms with E-state index in [-0.39, 0.29) is 30.2 Å². The van der Waals surface area contributed by atoms with Crippen LogP contribution in [0.25, 0.3) is 0 Å². The molecule has 0 aromatic carbocycles. The average molecular weight is 269 g/mol. The highest BCUT2D eigenvalue weighted by molar-refractivity contribution is 5.84. The Labute approximate surface area is 118 Å². The van der Waals surface area contributed by atoms with Gasteiger partial charge in [0.15, 0.2) is 6.10 Å². The van der Waals surface area contributed by atoms with E-state index in [1.165, 1.54) is 32.1 Å². The molecule has 1 amide bonds. The Morgan fingerprint density at radius 1 is 1.05 bits per heavy atom. The number of carbonyl (C=O) groups is 1. The lowest BCUT2D eigenvalue weighted by atomic mass is 10.1. The monoisotopic (exact) mass is 269 g/mol. The van der Waals surface area contributed by atoms with Crippen LogP contribution in [0.15, 0.2) is 0 Å². The minimum Gasteiger partial charge on any atom is -0.359 e. The van der Waals surface area contributed by atoms with Gasteiger partial charge in [-0.25, -0.2) is 0 Å². The average Bonchev–Trinajstić information content (AvgIpc) is 3.07. The summed E-state index contributed by atoms with van der Waals surface area (Å²) in [6.45, 7) is 10.5. The normalized spacial score (nSPS) is 22.1. The molecular formula is C16H31NO2. The van der Waals surface area contributed by atoms with Gasteiger partial charge in [0.05, 0.1) is 6.10 Å². The number of rotatable bonds is 9. The molecule has 0 radical (unpaired) electrons. The van der Waals surface area contributed by atoms with E-state index in [1.54, 1.807) is 0 Å². The second kappa shape index (κ2) is 7.88. The van der Waals surface area contributed by atoms with Crippen LogP contribution in [0.4, 0.5) is 0 Å². The maximum absolute atomic E-state index is 12.3. The minimum absolute atomic E-state index is 0.157. The summed E-state index contributed by atoms with van der Waals surface area (Å²) in [4.78, 5) is 14.3. The molecule has 0 aliphatic carbocycles. The van der Waals surface area contributed by atoms with Gasteiger partial charge in [0.1, 0.15) is 0 Å². The molecule has 1 aliphatic heterocycles. The standard InChI is InChI=1S/C16H31NO2/c1-6-7-8-9-10-11-14-15(19-14)16(18)17(12(2)3)13(4)5/h12-15H,6-11H2,1-5H3/t14-,15+/m0/s1. The lowest BCUT2D eigenvalue weighted by Gasteiger charge is -2.30. The van der Waals surface area contributed by atoms with Crippen LogP contribution in [-0.4, -0.2) is 35.1 Å². The number of nitrogens with zero attached hydrogens (tertiary/aromatic N) is 1. The molecule has 1 rings (SSSR count). The number of unbranched alkanes of at least 4 members (excludes halogenated alkanes) is 4. The quantitative estimate of drug-likeness (QED) is 0.471. The number of hydrogen-bond donors (Lipinski definition) is 0. The summed E-state index contributed by atoms with van der Waals surface area (Å²) in [5.41, 5.74) is 0. The molecule has 3 nitrogen and oxygen atoms in total. The molecule has 0 bridgehead atoms. The summed E-state index contributed by atoms with van der Waals surface area (Å²) in [5.74, 6) is 0.184. The third kappa shape index (κ3) is 5.13. The van der Waals surface area contributed by atoms with E-state index in [0.717, 1.165) is 6.42 Å². The summed E-state index contributed by atoms with van der Waals surface area (Å²) < 4.78 is 5.58. The van der Waals surface area contributed by atoms with Crippen molar-refractivity contribution in [3.8, 4) is 0 Å². The van der Waals surface area contributed by atoms with Crippen LogP contribution in [0, 0.1) is 0 Å². The number of carbonyl (C=O) groups excluding carboxylic acids is 1. The predicted molar refractivity (Wildman–Crippen MR) is 79.2 cm³/mol. The Morgan fingerprint density at radius 2 is 1.63 bits per heavy atom. The van der Waals surface area contributed by atoms with Crippen LogP contribution in [0.2, 0.25) is 0 Å². The van der Waals surface area contributed by atoms with E-state index < -0.39 is 0 Å². The number of hydrogen-bond acceptors (Lipinski definition) is 2. The SMILES string of the molecule is CCCCCCC[C@@H]1O[C@H]1C(=O)N(C(C)C)C(C)C. The van der Waals surface area contributed by atoms with Crippen molar-refractivity contribution in [2.75, 3.05) is 0 Å². The fourth-order valence-electron chi connectivity index (χ4n) is 2.78. The third-order valence-electron chi connectivity index (χ3n) is 3.79. The molecule has 0 saturated carbocycles. The van der Waals surface area contributed by atoms with Crippen LogP contribution in [0.1, 0.15) is 73.1 Å². The first kappa shape index (κ1) is 16.5. The van der Waals surface area contributed by atoms with Crippen molar-refractivity contribution >= 4 is 5.91 Å². The second-order valence-electron chi connectivity index (χ2n) is 6.23. The maximum atomic E-state index is 12.3. The second-order valence-corrected chi connectivity index (χ2v) is 6.23. The largest absolute Gasteiger partial charge is 0.359 e. The van der Waals surface area contributed by atoms with Gasteiger partial charge >= 0.3 is 0 Å².